The number of carbonyl (C=O) groups is 1. The Kier molecular flexibility index (Phi) is 5.75. The van der Waals surface area contributed by atoms with Gasteiger partial charge in [0.05, 0.1) is 13.2 Å². The molecule has 0 saturated carbocycles. The molecule has 3 rings (SSSR count). The quantitative estimate of drug-likeness (QED) is 0.775. The molecule has 28 heavy (non-hydrogen) atoms. The average Bonchev–Trinajstić information content (AvgIpc) is 2.63. The highest BCUT2D eigenvalue weighted by Crippen LogP contribution is 2.41. The molecule has 2 unspecified atom stereocenters. The molecule has 2 aromatic rings. The summed E-state index contributed by atoms with van der Waals surface area (Å²) in [4.78, 5) is 12.8. The summed E-state index contributed by atoms with van der Waals surface area (Å²) in [5.74, 6) is 1.87. The van der Waals surface area contributed by atoms with Crippen molar-refractivity contribution < 1.29 is 19.0 Å². The van der Waals surface area contributed by atoms with Gasteiger partial charge in [-0.15, -0.1) is 0 Å². The zero-order chi connectivity index (χ0) is 20.5. The van der Waals surface area contributed by atoms with E-state index in [2.05, 4.69) is 5.32 Å². The average molecular weight is 404 g/mol. The van der Waals surface area contributed by atoms with Crippen LogP contribution in [0.1, 0.15) is 44.4 Å². The van der Waals surface area contributed by atoms with Crippen LogP contribution in [0.5, 0.6) is 17.2 Å². The second kappa shape index (κ2) is 7.92. The fourth-order valence-electron chi connectivity index (χ4n) is 3.32. The molecule has 1 aliphatic heterocycles. The van der Waals surface area contributed by atoms with Gasteiger partial charge in [-0.2, -0.15) is 0 Å². The van der Waals surface area contributed by atoms with Crippen molar-refractivity contribution in [3.05, 3.63) is 52.5 Å². The van der Waals surface area contributed by atoms with Crippen LogP contribution < -0.4 is 19.5 Å². The number of nitrogens with one attached hydrogen (secondary N) is 1. The topological polar surface area (TPSA) is 56.8 Å². The molecule has 0 saturated heterocycles. The van der Waals surface area contributed by atoms with Gasteiger partial charge in [0.15, 0.2) is 6.10 Å². The maximum atomic E-state index is 12.8. The number of fused-ring (bicyclic) bond motifs is 1. The summed E-state index contributed by atoms with van der Waals surface area (Å²) in [6.45, 7) is 7.64. The second-order valence-corrected chi connectivity index (χ2v) is 8.11. The molecule has 0 aromatic heterocycles. The van der Waals surface area contributed by atoms with E-state index in [0.717, 1.165) is 22.6 Å². The molecule has 0 aliphatic carbocycles. The van der Waals surface area contributed by atoms with Crippen molar-refractivity contribution >= 4 is 17.5 Å². The first-order valence-electron chi connectivity index (χ1n) is 9.28. The summed E-state index contributed by atoms with van der Waals surface area (Å²) >= 11 is 6.05. The molecule has 1 amide bonds. The maximum Gasteiger partial charge on any atom is 0.261 e. The summed E-state index contributed by atoms with van der Waals surface area (Å²) in [6.07, 6.45) is 0.0124. The van der Waals surface area contributed by atoms with Crippen molar-refractivity contribution in [2.24, 2.45) is 0 Å². The first kappa shape index (κ1) is 20.3. The van der Waals surface area contributed by atoms with E-state index in [9.17, 15) is 4.79 Å². The minimum absolute atomic E-state index is 0.171. The van der Waals surface area contributed by atoms with Crippen molar-refractivity contribution in [3.63, 3.8) is 0 Å². The van der Waals surface area contributed by atoms with Gasteiger partial charge in [0.25, 0.3) is 5.91 Å². The van der Waals surface area contributed by atoms with E-state index < -0.39 is 11.7 Å². The maximum absolute atomic E-state index is 12.8. The lowest BCUT2D eigenvalue weighted by Gasteiger charge is -2.38. The number of halogens is 1. The lowest BCUT2D eigenvalue weighted by molar-refractivity contribution is -0.128. The van der Waals surface area contributed by atoms with Gasteiger partial charge in [-0.05, 0) is 63.6 Å². The van der Waals surface area contributed by atoms with Crippen LogP contribution in [-0.4, -0.2) is 24.7 Å². The number of carbonyl (C=O) groups excluding carboxylic acids is 1. The first-order valence-corrected chi connectivity index (χ1v) is 9.66. The summed E-state index contributed by atoms with van der Waals surface area (Å²) in [5.41, 5.74) is 1.43. The van der Waals surface area contributed by atoms with Gasteiger partial charge in [0.2, 0.25) is 0 Å². The number of methoxy groups -OCH3 is 1. The summed E-state index contributed by atoms with van der Waals surface area (Å²) < 4.78 is 17.2. The first-order chi connectivity index (χ1) is 13.2. The number of amides is 1. The molecule has 0 fully saturated rings. The Bertz CT molecular complexity index is 881. The number of rotatable bonds is 5. The lowest BCUT2D eigenvalue weighted by Crippen LogP contribution is -2.44. The van der Waals surface area contributed by atoms with Gasteiger partial charge >= 0.3 is 0 Å². The monoisotopic (exact) mass is 403 g/mol. The molecule has 1 aliphatic rings. The minimum atomic E-state index is -0.645. The SMILES string of the molecule is COc1ccc2c(c1)OC(C)(C)CC2NC(=O)C(C)Oc1ccc(Cl)c(C)c1. The molecule has 1 heterocycles. The van der Waals surface area contributed by atoms with Gasteiger partial charge in [0.1, 0.15) is 22.8 Å². The molecule has 2 atom stereocenters. The van der Waals surface area contributed by atoms with Gasteiger partial charge < -0.3 is 19.5 Å². The third-order valence-corrected chi connectivity index (χ3v) is 5.23. The summed E-state index contributed by atoms with van der Waals surface area (Å²) in [7, 11) is 1.62. The fourth-order valence-corrected chi connectivity index (χ4v) is 3.44. The second-order valence-electron chi connectivity index (χ2n) is 7.70. The molecule has 0 radical (unpaired) electrons. The predicted octanol–water partition coefficient (Wildman–Crippen LogP) is 4.84. The Morgan fingerprint density at radius 3 is 2.64 bits per heavy atom. The number of ether oxygens (including phenoxy) is 3. The highest BCUT2D eigenvalue weighted by Gasteiger charge is 2.35. The van der Waals surface area contributed by atoms with Crippen molar-refractivity contribution in [1.29, 1.82) is 0 Å². The molecule has 2 aromatic carbocycles. The number of aryl methyl sites for hydroxylation is 1. The Hall–Kier alpha value is -2.40. The highest BCUT2D eigenvalue weighted by molar-refractivity contribution is 6.31. The van der Waals surface area contributed by atoms with E-state index in [4.69, 9.17) is 25.8 Å². The van der Waals surface area contributed by atoms with Gasteiger partial charge in [-0.1, -0.05) is 11.6 Å². The molecule has 0 spiro atoms. The summed E-state index contributed by atoms with van der Waals surface area (Å²) in [5, 5.41) is 3.77. The van der Waals surface area contributed by atoms with E-state index in [1.807, 2.05) is 45.0 Å². The number of hydrogen-bond donors (Lipinski definition) is 1. The van der Waals surface area contributed by atoms with Crippen LogP contribution in [0.4, 0.5) is 0 Å². The van der Waals surface area contributed by atoms with Crippen LogP contribution in [0.2, 0.25) is 5.02 Å². The Morgan fingerprint density at radius 1 is 1.25 bits per heavy atom. The molecule has 1 N–H and O–H groups in total. The Labute approximate surface area is 170 Å². The van der Waals surface area contributed by atoms with Gasteiger partial charge in [0, 0.05) is 23.1 Å². The van der Waals surface area contributed by atoms with Crippen molar-refractivity contribution in [2.75, 3.05) is 7.11 Å². The van der Waals surface area contributed by atoms with Gasteiger partial charge in [-0.3, -0.25) is 4.79 Å². The van der Waals surface area contributed by atoms with E-state index >= 15 is 0 Å². The highest BCUT2D eigenvalue weighted by atomic mass is 35.5. The number of hydrogen-bond acceptors (Lipinski definition) is 4. The Balaban J connectivity index is 1.74. The van der Waals surface area contributed by atoms with Crippen molar-refractivity contribution in [2.45, 2.75) is 51.9 Å². The molecule has 0 bridgehead atoms. The smallest absolute Gasteiger partial charge is 0.261 e. The summed E-state index contributed by atoms with van der Waals surface area (Å²) in [6, 6.07) is 10.8. The van der Waals surface area contributed by atoms with E-state index in [-0.39, 0.29) is 11.9 Å². The van der Waals surface area contributed by atoms with Crippen LogP contribution in [0, 0.1) is 6.92 Å². The molecule has 150 valence electrons. The minimum Gasteiger partial charge on any atom is -0.497 e. The fraction of sp³-hybridized carbons (Fsp3) is 0.409. The molecule has 5 nitrogen and oxygen atoms in total. The largest absolute Gasteiger partial charge is 0.497 e. The van der Waals surface area contributed by atoms with Gasteiger partial charge in [-0.25, -0.2) is 0 Å². The van der Waals surface area contributed by atoms with Crippen molar-refractivity contribution in [3.8, 4) is 17.2 Å². The van der Waals surface area contributed by atoms with Crippen LogP contribution >= 0.6 is 11.6 Å². The van der Waals surface area contributed by atoms with E-state index in [0.29, 0.717) is 17.2 Å². The van der Waals surface area contributed by atoms with Crippen LogP contribution in [0.15, 0.2) is 36.4 Å². The Morgan fingerprint density at radius 2 is 1.96 bits per heavy atom. The lowest BCUT2D eigenvalue weighted by atomic mass is 9.89. The van der Waals surface area contributed by atoms with E-state index in [1.54, 1.807) is 26.2 Å². The zero-order valence-corrected chi connectivity index (χ0v) is 17.6. The zero-order valence-electron chi connectivity index (χ0n) is 16.8. The predicted molar refractivity (Wildman–Crippen MR) is 109 cm³/mol. The van der Waals surface area contributed by atoms with Crippen LogP contribution in [-0.2, 0) is 4.79 Å². The third kappa shape index (κ3) is 4.53. The van der Waals surface area contributed by atoms with Crippen LogP contribution in [0.3, 0.4) is 0 Å². The standard InChI is InChI=1S/C22H26ClNO4/c1-13-10-16(7-9-18(13)23)27-14(2)21(25)24-19-12-22(3,4)28-20-11-15(26-5)6-8-17(19)20/h6-11,14,19H,12H2,1-5H3,(H,24,25). The molecular formula is C22H26ClNO4. The molecular weight excluding hydrogens is 378 g/mol. The third-order valence-electron chi connectivity index (χ3n) is 4.81. The van der Waals surface area contributed by atoms with Crippen LogP contribution in [0.25, 0.3) is 0 Å². The molecule has 6 heteroatoms. The van der Waals surface area contributed by atoms with Crippen molar-refractivity contribution in [1.82, 2.24) is 5.32 Å². The normalized spacial score (nSPS) is 18.4. The number of benzene rings is 2. The van der Waals surface area contributed by atoms with E-state index in [1.165, 1.54) is 0 Å².